The van der Waals surface area contributed by atoms with Crippen LogP contribution in [0.5, 0.6) is 0 Å². The molecule has 0 aliphatic rings. The lowest BCUT2D eigenvalue weighted by Crippen LogP contribution is -2.32. The third kappa shape index (κ3) is 5.52. The van der Waals surface area contributed by atoms with E-state index in [1.165, 1.54) is 0 Å². The number of rotatable bonds is 6. The molecule has 0 bridgehead atoms. The number of benzene rings is 1. The van der Waals surface area contributed by atoms with E-state index in [0.717, 1.165) is 5.56 Å². The molecule has 0 spiro atoms. The first-order chi connectivity index (χ1) is 9.02. The fraction of sp³-hybridized carbons (Fsp3) is 0.429. The molecule has 0 aromatic heterocycles. The summed E-state index contributed by atoms with van der Waals surface area (Å²) in [6.45, 7) is 3.82. The number of carbonyl (C=O) groups excluding carboxylic acids is 2. The van der Waals surface area contributed by atoms with E-state index in [-0.39, 0.29) is 11.9 Å². The number of carbonyl (C=O) groups is 2. The largest absolute Gasteiger partial charge is 0.466 e. The van der Waals surface area contributed by atoms with Gasteiger partial charge in [0.05, 0.1) is 12.6 Å². The molecule has 1 aromatic rings. The topological polar surface area (TPSA) is 81.4 Å². The SMILES string of the molecule is CCOC(=O)CCc1ccc(NC(=O)[C@@H](C)N)cc1. The maximum absolute atomic E-state index is 11.4. The third-order valence-corrected chi connectivity index (χ3v) is 2.56. The first kappa shape index (κ1) is 15.2. The van der Waals surface area contributed by atoms with E-state index in [2.05, 4.69) is 5.32 Å². The quantitative estimate of drug-likeness (QED) is 0.762. The standard InChI is InChI=1S/C14H20N2O3/c1-3-19-13(17)9-6-11-4-7-12(8-5-11)16-14(18)10(2)15/h4-5,7-8,10H,3,6,9,15H2,1-2H3,(H,16,18)/t10-/m1/s1. The summed E-state index contributed by atoms with van der Waals surface area (Å²) in [7, 11) is 0. The summed E-state index contributed by atoms with van der Waals surface area (Å²) in [5.74, 6) is -0.420. The normalized spacial score (nSPS) is 11.7. The third-order valence-electron chi connectivity index (χ3n) is 2.56. The lowest BCUT2D eigenvalue weighted by molar-refractivity contribution is -0.143. The maximum atomic E-state index is 11.4. The highest BCUT2D eigenvalue weighted by molar-refractivity contribution is 5.94. The van der Waals surface area contributed by atoms with Gasteiger partial charge in [0.15, 0.2) is 0 Å². The molecule has 0 radical (unpaired) electrons. The van der Waals surface area contributed by atoms with Crippen molar-refractivity contribution in [2.45, 2.75) is 32.7 Å². The number of nitrogens with one attached hydrogen (secondary N) is 1. The Morgan fingerprint density at radius 3 is 2.47 bits per heavy atom. The van der Waals surface area contributed by atoms with Crippen LogP contribution < -0.4 is 11.1 Å². The van der Waals surface area contributed by atoms with E-state index in [4.69, 9.17) is 10.5 Å². The summed E-state index contributed by atoms with van der Waals surface area (Å²) >= 11 is 0. The Morgan fingerprint density at radius 1 is 1.32 bits per heavy atom. The van der Waals surface area contributed by atoms with Crippen LogP contribution >= 0.6 is 0 Å². The van der Waals surface area contributed by atoms with E-state index < -0.39 is 6.04 Å². The van der Waals surface area contributed by atoms with Crippen molar-refractivity contribution in [2.75, 3.05) is 11.9 Å². The molecule has 19 heavy (non-hydrogen) atoms. The van der Waals surface area contributed by atoms with Gasteiger partial charge in [-0.15, -0.1) is 0 Å². The minimum atomic E-state index is -0.538. The van der Waals surface area contributed by atoms with Crippen molar-refractivity contribution in [1.29, 1.82) is 0 Å². The van der Waals surface area contributed by atoms with E-state index in [1.807, 2.05) is 12.1 Å². The first-order valence-corrected chi connectivity index (χ1v) is 6.34. The van der Waals surface area contributed by atoms with Crippen LogP contribution in [-0.2, 0) is 20.7 Å². The summed E-state index contributed by atoms with van der Waals surface area (Å²) < 4.78 is 4.86. The highest BCUT2D eigenvalue weighted by atomic mass is 16.5. The van der Waals surface area contributed by atoms with Crippen LogP contribution in [0.25, 0.3) is 0 Å². The lowest BCUT2D eigenvalue weighted by atomic mass is 10.1. The van der Waals surface area contributed by atoms with E-state index in [0.29, 0.717) is 25.1 Å². The Hall–Kier alpha value is -1.88. The van der Waals surface area contributed by atoms with Crippen LogP contribution in [0, 0.1) is 0 Å². The number of hydrogen-bond acceptors (Lipinski definition) is 4. The molecule has 0 aliphatic carbocycles. The number of esters is 1. The molecule has 1 rings (SSSR count). The fourth-order valence-electron chi connectivity index (χ4n) is 1.49. The van der Waals surface area contributed by atoms with Gasteiger partial charge in [-0.05, 0) is 38.0 Å². The lowest BCUT2D eigenvalue weighted by Gasteiger charge is -2.08. The second kappa shape index (κ2) is 7.53. The molecule has 5 heteroatoms. The highest BCUT2D eigenvalue weighted by Crippen LogP contribution is 2.11. The zero-order valence-corrected chi connectivity index (χ0v) is 11.3. The van der Waals surface area contributed by atoms with Crippen molar-refractivity contribution in [1.82, 2.24) is 0 Å². The van der Waals surface area contributed by atoms with Gasteiger partial charge in [-0.3, -0.25) is 9.59 Å². The van der Waals surface area contributed by atoms with Gasteiger partial charge in [0.25, 0.3) is 0 Å². The van der Waals surface area contributed by atoms with Crippen molar-refractivity contribution in [2.24, 2.45) is 5.73 Å². The molecule has 1 atom stereocenters. The van der Waals surface area contributed by atoms with Crippen molar-refractivity contribution in [3.63, 3.8) is 0 Å². The predicted octanol–water partition coefficient (Wildman–Crippen LogP) is 1.47. The van der Waals surface area contributed by atoms with Gasteiger partial charge >= 0.3 is 5.97 Å². The summed E-state index contributed by atoms with van der Waals surface area (Å²) in [6.07, 6.45) is 0.986. The predicted molar refractivity (Wildman–Crippen MR) is 73.7 cm³/mol. The zero-order chi connectivity index (χ0) is 14.3. The second-order valence-corrected chi connectivity index (χ2v) is 4.28. The van der Waals surface area contributed by atoms with Crippen LogP contribution in [0.3, 0.4) is 0 Å². The van der Waals surface area contributed by atoms with Gasteiger partial charge in [-0.1, -0.05) is 12.1 Å². The summed E-state index contributed by atoms with van der Waals surface area (Å²) in [5, 5.41) is 2.70. The van der Waals surface area contributed by atoms with E-state index in [1.54, 1.807) is 26.0 Å². The fourth-order valence-corrected chi connectivity index (χ4v) is 1.49. The smallest absolute Gasteiger partial charge is 0.306 e. The number of anilines is 1. The summed E-state index contributed by atoms with van der Waals surface area (Å²) in [5.41, 5.74) is 7.18. The summed E-state index contributed by atoms with van der Waals surface area (Å²) in [6, 6.07) is 6.79. The molecule has 104 valence electrons. The molecule has 1 amide bonds. The van der Waals surface area contributed by atoms with Crippen molar-refractivity contribution >= 4 is 17.6 Å². The number of ether oxygens (including phenoxy) is 1. The number of hydrogen-bond donors (Lipinski definition) is 2. The Kier molecular flexibility index (Phi) is 6.02. The molecular formula is C14H20N2O3. The van der Waals surface area contributed by atoms with Crippen LogP contribution in [0.15, 0.2) is 24.3 Å². The van der Waals surface area contributed by atoms with Gasteiger partial charge in [0.1, 0.15) is 0 Å². The average Bonchev–Trinajstić information content (AvgIpc) is 2.38. The van der Waals surface area contributed by atoms with Crippen molar-refractivity contribution < 1.29 is 14.3 Å². The van der Waals surface area contributed by atoms with Crippen LogP contribution in [-0.4, -0.2) is 24.5 Å². The van der Waals surface area contributed by atoms with Crippen LogP contribution in [0.1, 0.15) is 25.8 Å². The molecule has 0 saturated carbocycles. The Balaban J connectivity index is 2.47. The molecule has 0 aliphatic heterocycles. The monoisotopic (exact) mass is 264 g/mol. The molecule has 0 heterocycles. The molecule has 0 unspecified atom stereocenters. The minimum Gasteiger partial charge on any atom is -0.466 e. The average molecular weight is 264 g/mol. The number of aryl methyl sites for hydroxylation is 1. The number of nitrogens with two attached hydrogens (primary N) is 1. The molecule has 5 nitrogen and oxygen atoms in total. The van der Waals surface area contributed by atoms with E-state index >= 15 is 0 Å². The molecule has 1 aromatic carbocycles. The van der Waals surface area contributed by atoms with Crippen LogP contribution in [0.2, 0.25) is 0 Å². The Labute approximate surface area is 113 Å². The summed E-state index contributed by atoms with van der Waals surface area (Å²) in [4.78, 5) is 22.6. The van der Waals surface area contributed by atoms with Crippen molar-refractivity contribution in [3.05, 3.63) is 29.8 Å². The second-order valence-electron chi connectivity index (χ2n) is 4.28. The molecular weight excluding hydrogens is 244 g/mol. The van der Waals surface area contributed by atoms with Gasteiger partial charge in [-0.2, -0.15) is 0 Å². The Bertz CT molecular complexity index is 427. The molecule has 0 saturated heterocycles. The van der Waals surface area contributed by atoms with Crippen molar-refractivity contribution in [3.8, 4) is 0 Å². The van der Waals surface area contributed by atoms with Gasteiger partial charge < -0.3 is 15.8 Å². The van der Waals surface area contributed by atoms with Gasteiger partial charge in [0, 0.05) is 12.1 Å². The van der Waals surface area contributed by atoms with Gasteiger partial charge in [-0.25, -0.2) is 0 Å². The molecule has 3 N–H and O–H groups in total. The minimum absolute atomic E-state index is 0.197. The molecule has 0 fully saturated rings. The van der Waals surface area contributed by atoms with E-state index in [9.17, 15) is 9.59 Å². The first-order valence-electron chi connectivity index (χ1n) is 6.34. The maximum Gasteiger partial charge on any atom is 0.306 e. The Morgan fingerprint density at radius 2 is 1.95 bits per heavy atom. The number of amides is 1. The van der Waals surface area contributed by atoms with Crippen LogP contribution in [0.4, 0.5) is 5.69 Å². The van der Waals surface area contributed by atoms with Gasteiger partial charge in [0.2, 0.25) is 5.91 Å². The highest BCUT2D eigenvalue weighted by Gasteiger charge is 2.07. The zero-order valence-electron chi connectivity index (χ0n) is 11.3.